The number of nitrogens with zero attached hydrogens (tertiary/aromatic N) is 1. The van der Waals surface area contributed by atoms with Gasteiger partial charge in [-0.3, -0.25) is 4.79 Å². The van der Waals surface area contributed by atoms with Gasteiger partial charge in [-0.15, -0.1) is 0 Å². The maximum atomic E-state index is 14.1. The van der Waals surface area contributed by atoms with Gasteiger partial charge < -0.3 is 24.8 Å². The molecule has 0 saturated carbocycles. The van der Waals surface area contributed by atoms with Crippen LogP contribution in [-0.2, 0) is 31.9 Å². The van der Waals surface area contributed by atoms with Gasteiger partial charge in [0, 0.05) is 44.1 Å². The average molecular weight is 601 g/mol. The summed E-state index contributed by atoms with van der Waals surface area (Å²) in [7, 11) is 0. The quantitative estimate of drug-likeness (QED) is 0.265. The zero-order valence-corrected chi connectivity index (χ0v) is 25.4. The highest BCUT2D eigenvalue weighted by Crippen LogP contribution is 2.28. The minimum Gasteiger partial charge on any atom is -0.458 e. The van der Waals surface area contributed by atoms with Gasteiger partial charge in [0.2, 0.25) is 5.91 Å². The predicted molar refractivity (Wildman–Crippen MR) is 160 cm³/mol. The number of unbranched alkanes of at least 4 members (excludes halogenated alkanes) is 1. The maximum absolute atomic E-state index is 14.1. The lowest BCUT2D eigenvalue weighted by atomic mass is 9.96. The number of halogens is 2. The van der Waals surface area contributed by atoms with Crippen LogP contribution in [0.4, 0.5) is 8.78 Å². The molecule has 1 amide bonds. The van der Waals surface area contributed by atoms with Crippen molar-refractivity contribution in [2.24, 2.45) is 5.92 Å². The first-order valence-electron chi connectivity index (χ1n) is 15.8. The van der Waals surface area contributed by atoms with E-state index in [0.717, 1.165) is 37.3 Å². The van der Waals surface area contributed by atoms with Crippen molar-refractivity contribution in [2.45, 2.75) is 102 Å². The molecule has 2 fully saturated rings. The molecule has 2 aromatic carbocycles. The van der Waals surface area contributed by atoms with Gasteiger partial charge in [-0.05, 0) is 61.8 Å². The topological polar surface area (TPSA) is 88.1 Å². The maximum Gasteiger partial charge on any atom is 0.329 e. The van der Waals surface area contributed by atoms with E-state index in [9.17, 15) is 23.5 Å². The molecule has 0 radical (unpaired) electrons. The number of hydrogen-bond acceptors (Lipinski definition) is 6. The summed E-state index contributed by atoms with van der Waals surface area (Å²) in [5, 5.41) is 14.7. The van der Waals surface area contributed by atoms with Crippen LogP contribution in [0, 0.1) is 17.6 Å². The molecule has 4 rings (SSSR count). The lowest BCUT2D eigenvalue weighted by Crippen LogP contribution is -2.50. The van der Waals surface area contributed by atoms with Crippen molar-refractivity contribution in [1.29, 1.82) is 0 Å². The van der Waals surface area contributed by atoms with Crippen LogP contribution >= 0.6 is 0 Å². The van der Waals surface area contributed by atoms with Crippen LogP contribution in [0.5, 0.6) is 0 Å². The minimum absolute atomic E-state index is 0.0406. The molecule has 9 heteroatoms. The molecule has 2 saturated heterocycles. The molecular weight excluding hydrogens is 554 g/mol. The smallest absolute Gasteiger partial charge is 0.329 e. The number of likely N-dealkylation sites (tertiary alicyclic amines) is 1. The van der Waals surface area contributed by atoms with E-state index in [4.69, 9.17) is 9.47 Å². The van der Waals surface area contributed by atoms with E-state index in [1.54, 1.807) is 4.90 Å². The van der Waals surface area contributed by atoms with Crippen molar-refractivity contribution in [3.63, 3.8) is 0 Å². The fraction of sp³-hybridized carbons (Fsp3) is 0.588. The number of hydrogen-bond donors (Lipinski definition) is 2. The van der Waals surface area contributed by atoms with Gasteiger partial charge >= 0.3 is 5.97 Å². The highest BCUT2D eigenvalue weighted by atomic mass is 19.1. The number of amides is 1. The number of carbonyl (C=O) groups excluding carboxylic acids is 2. The van der Waals surface area contributed by atoms with Gasteiger partial charge in [0.15, 0.2) is 0 Å². The van der Waals surface area contributed by atoms with E-state index in [0.29, 0.717) is 45.4 Å². The molecule has 0 bridgehead atoms. The molecule has 2 aromatic rings. The molecule has 2 heterocycles. The number of nitrogens with one attached hydrogen (secondary N) is 1. The summed E-state index contributed by atoms with van der Waals surface area (Å²) in [6.45, 7) is 5.71. The Balaban J connectivity index is 1.55. The summed E-state index contributed by atoms with van der Waals surface area (Å²) >= 11 is 0. The van der Waals surface area contributed by atoms with Crippen LogP contribution < -0.4 is 5.32 Å². The largest absolute Gasteiger partial charge is 0.458 e. The fourth-order valence-corrected chi connectivity index (χ4v) is 6.22. The number of rotatable bonds is 16. The van der Waals surface area contributed by atoms with E-state index >= 15 is 0 Å². The molecule has 2 N–H and O–H groups in total. The first-order valence-corrected chi connectivity index (χ1v) is 15.8. The van der Waals surface area contributed by atoms with Crippen molar-refractivity contribution >= 4 is 11.9 Å². The van der Waals surface area contributed by atoms with E-state index in [-0.39, 0.29) is 29.9 Å². The minimum atomic E-state index is -1.16. The van der Waals surface area contributed by atoms with Crippen molar-refractivity contribution in [1.82, 2.24) is 10.2 Å². The van der Waals surface area contributed by atoms with Gasteiger partial charge in [0.1, 0.15) is 29.9 Å². The number of aliphatic hydroxyl groups excluding tert-OH is 1. The second-order valence-electron chi connectivity index (χ2n) is 11.9. The summed E-state index contributed by atoms with van der Waals surface area (Å²) in [6, 6.07) is 11.6. The summed E-state index contributed by atoms with van der Waals surface area (Å²) < 4.78 is 40.1. The summed E-state index contributed by atoms with van der Waals surface area (Å²) in [5.41, 5.74) is 1.30. The predicted octanol–water partition coefficient (Wildman–Crippen LogP) is 4.98. The highest BCUT2D eigenvalue weighted by Gasteiger charge is 2.42. The second kappa shape index (κ2) is 16.3. The van der Waals surface area contributed by atoms with Crippen molar-refractivity contribution in [3.05, 3.63) is 71.3 Å². The number of carbonyl (C=O) groups is 2. The number of esters is 1. The van der Waals surface area contributed by atoms with Crippen LogP contribution in [0.25, 0.3) is 0 Å². The van der Waals surface area contributed by atoms with Gasteiger partial charge in [0.05, 0.1) is 6.10 Å². The summed E-state index contributed by atoms with van der Waals surface area (Å²) in [5.74, 6) is -2.27. The van der Waals surface area contributed by atoms with Gasteiger partial charge in [0.25, 0.3) is 0 Å². The normalized spacial score (nSPS) is 22.5. The third-order valence-electron chi connectivity index (χ3n) is 8.56. The Morgan fingerprint density at radius 1 is 1.09 bits per heavy atom. The van der Waals surface area contributed by atoms with Crippen LogP contribution in [0.1, 0.15) is 69.9 Å². The van der Waals surface area contributed by atoms with E-state index in [2.05, 4.69) is 12.2 Å². The van der Waals surface area contributed by atoms with E-state index in [1.807, 2.05) is 37.3 Å². The Morgan fingerprint density at radius 3 is 2.53 bits per heavy atom. The van der Waals surface area contributed by atoms with E-state index < -0.39 is 41.9 Å². The molecule has 0 aromatic heterocycles. The SMILES string of the molecule is CCCC[C@H]1CCN([C@@H](CCc2ccccc2)C(=O)O[C@@H](Cc2cc(F)cc(F)c2)[C@H](O)[C@H]2C[C@@H](OCCC)CN2)C1=O. The summed E-state index contributed by atoms with van der Waals surface area (Å²) in [4.78, 5) is 29.0. The summed E-state index contributed by atoms with van der Waals surface area (Å²) in [6.07, 6.45) is 3.28. The number of benzene rings is 2. The van der Waals surface area contributed by atoms with Crippen LogP contribution in [0.15, 0.2) is 48.5 Å². The Bertz CT molecular complexity index is 1160. The molecule has 0 spiro atoms. The Morgan fingerprint density at radius 2 is 1.84 bits per heavy atom. The monoisotopic (exact) mass is 600 g/mol. The van der Waals surface area contributed by atoms with Crippen molar-refractivity contribution < 1.29 is 33.0 Å². The Hall–Kier alpha value is -2.88. The standard InChI is InChI=1S/C34H46F2N2O5/c1-3-5-11-25-14-15-38(33(25)40)30(13-12-23-9-7-6-8-10-23)34(41)43-31(19-24-17-26(35)20-27(36)18-24)32(39)29-21-28(22-37-29)42-16-4-2/h6-10,17-18,20,25,28-32,37,39H,3-5,11-16,19,21-22H2,1-2H3/t25-,28+,29+,30-,31-,32+/m0/s1. The Kier molecular flexibility index (Phi) is 12.5. The molecule has 2 aliphatic heterocycles. The van der Waals surface area contributed by atoms with Crippen molar-refractivity contribution in [2.75, 3.05) is 19.7 Å². The number of aliphatic hydroxyl groups is 1. The fourth-order valence-electron chi connectivity index (χ4n) is 6.22. The molecule has 43 heavy (non-hydrogen) atoms. The molecule has 0 unspecified atom stereocenters. The van der Waals surface area contributed by atoms with Crippen LogP contribution in [0.2, 0.25) is 0 Å². The Labute approximate surface area is 253 Å². The highest BCUT2D eigenvalue weighted by molar-refractivity contribution is 5.87. The van der Waals surface area contributed by atoms with Crippen LogP contribution in [-0.4, -0.2) is 72.0 Å². The van der Waals surface area contributed by atoms with Gasteiger partial charge in [-0.25, -0.2) is 13.6 Å². The molecule has 0 aliphatic carbocycles. The zero-order valence-electron chi connectivity index (χ0n) is 25.4. The first-order chi connectivity index (χ1) is 20.8. The molecule has 7 nitrogen and oxygen atoms in total. The zero-order chi connectivity index (χ0) is 30.8. The second-order valence-corrected chi connectivity index (χ2v) is 11.9. The van der Waals surface area contributed by atoms with Crippen LogP contribution in [0.3, 0.4) is 0 Å². The molecule has 6 atom stereocenters. The van der Waals surface area contributed by atoms with Gasteiger partial charge in [-0.2, -0.15) is 0 Å². The number of ether oxygens (including phenoxy) is 2. The molecular formula is C34H46F2N2O5. The molecule has 236 valence electrons. The molecule has 2 aliphatic rings. The number of aryl methyl sites for hydroxylation is 1. The lowest BCUT2D eigenvalue weighted by Gasteiger charge is -2.32. The van der Waals surface area contributed by atoms with E-state index in [1.165, 1.54) is 12.1 Å². The average Bonchev–Trinajstić information content (AvgIpc) is 3.61. The third-order valence-corrected chi connectivity index (χ3v) is 8.56. The van der Waals surface area contributed by atoms with Crippen molar-refractivity contribution in [3.8, 4) is 0 Å². The first kappa shape index (κ1) is 33.0. The third kappa shape index (κ3) is 9.30. The van der Waals surface area contributed by atoms with Gasteiger partial charge in [-0.1, -0.05) is 57.0 Å². The lowest BCUT2D eigenvalue weighted by molar-refractivity contribution is -0.165.